The van der Waals surface area contributed by atoms with Crippen LogP contribution in [0.5, 0.6) is 11.5 Å². The summed E-state index contributed by atoms with van der Waals surface area (Å²) in [7, 11) is 0. The molecule has 6 nitrogen and oxygen atoms in total. The van der Waals surface area contributed by atoms with E-state index in [-0.39, 0.29) is 42.1 Å². The van der Waals surface area contributed by atoms with E-state index in [4.69, 9.17) is 0 Å². The molecule has 0 aliphatic heterocycles. The number of rotatable bonds is 10. The maximum atomic E-state index is 11.6. The van der Waals surface area contributed by atoms with Gasteiger partial charge in [-0.25, -0.2) is 0 Å². The summed E-state index contributed by atoms with van der Waals surface area (Å²) in [5.41, 5.74) is 5.45. The molecule has 7 heteroatoms. The first-order valence-corrected chi connectivity index (χ1v) is 18.7. The van der Waals surface area contributed by atoms with Crippen LogP contribution in [-0.4, -0.2) is 22.2 Å². The maximum absolute atomic E-state index is 11.6. The molecule has 8 aromatic carbocycles. The first-order valence-electron chi connectivity index (χ1n) is 18.7. The van der Waals surface area contributed by atoms with Gasteiger partial charge in [0.05, 0.1) is 22.8 Å². The average Bonchev–Trinajstić information content (AvgIpc) is 3.27. The molecule has 0 atom stereocenters. The summed E-state index contributed by atoms with van der Waals surface area (Å²) < 4.78 is 0. The van der Waals surface area contributed by atoms with Crippen molar-refractivity contribution in [1.29, 1.82) is 0 Å². The summed E-state index contributed by atoms with van der Waals surface area (Å²) in [6, 6.07) is 69.1. The Balaban J connectivity index is 0.000000195. The number of carbonyl (C=O) groups excluding carboxylic acids is 2. The van der Waals surface area contributed by atoms with Crippen LogP contribution in [0.2, 0.25) is 0 Å². The van der Waals surface area contributed by atoms with Gasteiger partial charge in [0.1, 0.15) is 11.5 Å². The van der Waals surface area contributed by atoms with Crippen LogP contribution in [0, 0.1) is 0 Å². The number of hydrogen-bond acceptors (Lipinski definition) is 6. The first kappa shape index (κ1) is 41.6. The monoisotopic (exact) mass is 822 g/mol. The molecule has 0 radical (unpaired) electrons. The smallest absolute Gasteiger partial charge is 0.545 e. The Morgan fingerprint density at radius 1 is 0.322 bits per heavy atom. The number of hydrogen-bond donors (Lipinski definition) is 2. The molecule has 0 bridgehead atoms. The zero-order valence-corrected chi connectivity index (χ0v) is 35.0. The Kier molecular flexibility index (Phi) is 13.0. The van der Waals surface area contributed by atoms with Crippen molar-refractivity contribution in [1.82, 2.24) is 0 Å². The molecule has 0 spiro atoms. The Morgan fingerprint density at radius 3 is 0.712 bits per heavy atom. The Morgan fingerprint density at radius 2 is 0.525 bits per heavy atom. The van der Waals surface area contributed by atoms with E-state index in [0.717, 1.165) is 44.5 Å². The SMILES string of the molecule is O=C([O-])c1cc(C(c2ccccc2)(c2ccccc2)c2ccccc2)ccc1O.O=C([O-])c1cc(C(c2ccccc2)(c2ccccc2)c2ccccc2)ccc1O.[Zn+2]. The predicted octanol–water partition coefficient (Wildman–Crippen LogP) is 8.27. The van der Waals surface area contributed by atoms with Crippen LogP contribution in [0.1, 0.15) is 65.2 Å². The van der Waals surface area contributed by atoms with E-state index in [1.165, 1.54) is 24.3 Å². The fourth-order valence-corrected chi connectivity index (χ4v) is 7.99. The second-order valence-electron chi connectivity index (χ2n) is 13.7. The van der Waals surface area contributed by atoms with Gasteiger partial charge in [-0.3, -0.25) is 0 Å². The third-order valence-corrected chi connectivity index (χ3v) is 10.5. The van der Waals surface area contributed by atoms with Gasteiger partial charge < -0.3 is 30.0 Å². The van der Waals surface area contributed by atoms with Gasteiger partial charge >= 0.3 is 19.5 Å². The second-order valence-corrected chi connectivity index (χ2v) is 13.7. The van der Waals surface area contributed by atoms with Gasteiger partial charge in [-0.15, -0.1) is 0 Å². The summed E-state index contributed by atoms with van der Waals surface area (Å²) >= 11 is 0. The van der Waals surface area contributed by atoms with Crippen molar-refractivity contribution in [2.75, 3.05) is 0 Å². The number of carbonyl (C=O) groups is 2. The van der Waals surface area contributed by atoms with E-state index in [9.17, 15) is 30.0 Å². The molecule has 8 rings (SSSR count). The van der Waals surface area contributed by atoms with Crippen molar-refractivity contribution in [3.05, 3.63) is 274 Å². The Hall–Kier alpha value is -7.08. The minimum Gasteiger partial charge on any atom is -0.545 e. The molecule has 0 saturated carbocycles. The number of aromatic carboxylic acids is 2. The normalized spacial score (nSPS) is 11.0. The summed E-state index contributed by atoms with van der Waals surface area (Å²) in [6.45, 7) is 0. The van der Waals surface area contributed by atoms with Gasteiger partial charge in [-0.2, -0.15) is 0 Å². The molecule has 0 unspecified atom stereocenters. The molecule has 0 aromatic heterocycles. The Labute approximate surface area is 356 Å². The third-order valence-electron chi connectivity index (χ3n) is 10.5. The third kappa shape index (κ3) is 8.07. The van der Waals surface area contributed by atoms with Crippen LogP contribution in [0.3, 0.4) is 0 Å². The van der Waals surface area contributed by atoms with Crippen LogP contribution in [0.4, 0.5) is 0 Å². The van der Waals surface area contributed by atoms with E-state index >= 15 is 0 Å². The average molecular weight is 824 g/mol. The van der Waals surface area contributed by atoms with Gasteiger partial charge in [0.25, 0.3) is 0 Å². The summed E-state index contributed by atoms with van der Waals surface area (Å²) in [5, 5.41) is 43.4. The van der Waals surface area contributed by atoms with Crippen molar-refractivity contribution in [2.45, 2.75) is 10.8 Å². The zero-order chi connectivity index (χ0) is 40.5. The molecule has 8 aromatic rings. The number of phenols is 2. The summed E-state index contributed by atoms with van der Waals surface area (Å²) in [6.07, 6.45) is 0. The van der Waals surface area contributed by atoms with Crippen LogP contribution in [0.15, 0.2) is 218 Å². The molecule has 284 valence electrons. The van der Waals surface area contributed by atoms with E-state index < -0.39 is 22.8 Å². The van der Waals surface area contributed by atoms with Crippen LogP contribution in [-0.2, 0) is 30.3 Å². The zero-order valence-electron chi connectivity index (χ0n) is 32.0. The quantitative estimate of drug-likeness (QED) is 0.106. The number of carboxylic acids is 2. The molecule has 0 heterocycles. The van der Waals surface area contributed by atoms with E-state index in [2.05, 4.69) is 0 Å². The number of benzene rings is 8. The minimum absolute atomic E-state index is 0. The van der Waals surface area contributed by atoms with Gasteiger partial charge in [0, 0.05) is 11.1 Å². The molecule has 2 N–H and O–H groups in total. The fraction of sp³-hybridized carbons (Fsp3) is 0.0385. The number of carboxylic acid groups (broad SMARTS) is 2. The van der Waals surface area contributed by atoms with Crippen LogP contribution < -0.4 is 10.2 Å². The largest absolute Gasteiger partial charge is 2.00 e. The summed E-state index contributed by atoms with van der Waals surface area (Å²) in [4.78, 5) is 23.3. The van der Waals surface area contributed by atoms with Gasteiger partial charge in [-0.1, -0.05) is 194 Å². The maximum Gasteiger partial charge on any atom is 2.00 e. The van der Waals surface area contributed by atoms with E-state index in [1.807, 2.05) is 182 Å². The van der Waals surface area contributed by atoms with Gasteiger partial charge in [0.2, 0.25) is 0 Å². The fourth-order valence-electron chi connectivity index (χ4n) is 7.99. The second kappa shape index (κ2) is 18.5. The van der Waals surface area contributed by atoms with Crippen molar-refractivity contribution in [3.8, 4) is 11.5 Å². The Bertz CT molecular complexity index is 2240. The predicted molar refractivity (Wildman–Crippen MR) is 221 cm³/mol. The molecule has 0 aliphatic carbocycles. The van der Waals surface area contributed by atoms with Crippen LogP contribution >= 0.6 is 0 Å². The van der Waals surface area contributed by atoms with Gasteiger partial charge in [0.15, 0.2) is 0 Å². The molecule has 59 heavy (non-hydrogen) atoms. The topological polar surface area (TPSA) is 121 Å². The number of aromatic hydroxyl groups is 2. The molecule has 0 saturated heterocycles. The molecule has 0 fully saturated rings. The van der Waals surface area contributed by atoms with Crippen LogP contribution in [0.25, 0.3) is 0 Å². The molecule has 0 amide bonds. The van der Waals surface area contributed by atoms with E-state index in [1.54, 1.807) is 12.1 Å². The van der Waals surface area contributed by atoms with Crippen molar-refractivity contribution >= 4 is 11.9 Å². The standard InChI is InChI=1S/2C26H20O3.Zn/c2*27-24-17-16-22(18-23(24)25(28)29)26(19-10-4-1-5-11-19,20-12-6-2-7-13-20)21-14-8-3-9-15-21;/h2*1-18,27H,(H,28,29);/q;;+2/p-2. The first-order chi connectivity index (χ1) is 28.3. The molecular formula is C52H38O6Zn. The van der Waals surface area contributed by atoms with E-state index in [0.29, 0.717) is 0 Å². The molecular weight excluding hydrogens is 786 g/mol. The van der Waals surface area contributed by atoms with Gasteiger partial charge in [-0.05, 0) is 68.8 Å². The van der Waals surface area contributed by atoms with Crippen molar-refractivity contribution in [2.24, 2.45) is 0 Å². The summed E-state index contributed by atoms with van der Waals surface area (Å²) in [5.74, 6) is -3.44. The minimum atomic E-state index is -1.41. The molecule has 0 aliphatic rings. The van der Waals surface area contributed by atoms with Crippen molar-refractivity contribution < 1.29 is 49.5 Å². The van der Waals surface area contributed by atoms with Crippen molar-refractivity contribution in [3.63, 3.8) is 0 Å².